The van der Waals surface area contributed by atoms with Gasteiger partial charge in [-0.25, -0.2) is 5.32 Å². The van der Waals surface area contributed by atoms with Crippen LogP contribution >= 0.6 is 0 Å². The molecule has 3 heteroatoms. The Balaban J connectivity index is 2.27. The van der Waals surface area contributed by atoms with E-state index < -0.39 is 0 Å². The molecule has 0 aromatic rings. The van der Waals surface area contributed by atoms with E-state index in [-0.39, 0.29) is 5.91 Å². The molecule has 3 nitrogen and oxygen atoms in total. The molecule has 1 N–H and O–H groups in total. The Morgan fingerprint density at radius 1 is 1.62 bits per heavy atom. The van der Waals surface area contributed by atoms with Crippen molar-refractivity contribution in [1.29, 1.82) is 0 Å². The van der Waals surface area contributed by atoms with Crippen molar-refractivity contribution >= 4 is 5.91 Å². The molecule has 45 valence electrons. The third-order valence-corrected chi connectivity index (χ3v) is 1.07. The molecule has 0 aliphatic carbocycles. The van der Waals surface area contributed by atoms with Gasteiger partial charge in [-0.1, -0.05) is 0 Å². The zero-order chi connectivity index (χ0) is 5.82. The van der Waals surface area contributed by atoms with Crippen LogP contribution in [0.3, 0.4) is 0 Å². The lowest BCUT2D eigenvalue weighted by molar-refractivity contribution is -0.119. The van der Waals surface area contributed by atoms with Gasteiger partial charge in [0, 0.05) is 13.1 Å². The summed E-state index contributed by atoms with van der Waals surface area (Å²) in [5.74, 6) is 0.0579. The molecule has 0 aromatic carbocycles. The normalized spacial score (nSPS) is 21.8. The van der Waals surface area contributed by atoms with Crippen molar-refractivity contribution in [2.45, 2.75) is 6.42 Å². The van der Waals surface area contributed by atoms with Crippen LogP contribution in [0.5, 0.6) is 0 Å². The van der Waals surface area contributed by atoms with Crippen LogP contribution in [0, 0.1) is 0 Å². The van der Waals surface area contributed by atoms with Crippen molar-refractivity contribution in [2.75, 3.05) is 19.6 Å². The van der Waals surface area contributed by atoms with Gasteiger partial charge in [0.05, 0.1) is 6.54 Å². The van der Waals surface area contributed by atoms with Gasteiger partial charge in [0.15, 0.2) is 0 Å². The van der Waals surface area contributed by atoms with Crippen LogP contribution in [0.1, 0.15) is 6.42 Å². The highest BCUT2D eigenvalue weighted by Crippen LogP contribution is 1.80. The minimum Gasteiger partial charge on any atom is -0.355 e. The highest BCUT2D eigenvalue weighted by atomic mass is 16.1. The van der Waals surface area contributed by atoms with Crippen molar-refractivity contribution in [3.8, 4) is 0 Å². The lowest BCUT2D eigenvalue weighted by Crippen LogP contribution is -2.26. The fourth-order valence-electron chi connectivity index (χ4n) is 0.655. The van der Waals surface area contributed by atoms with Crippen LogP contribution in [0.4, 0.5) is 0 Å². The predicted octanol–water partition coefficient (Wildman–Crippen LogP) is -0.889. The van der Waals surface area contributed by atoms with E-state index in [2.05, 4.69) is 10.6 Å². The molecule has 1 saturated heterocycles. The standard InChI is InChI=1S/C5H9N2O/c8-5-4-6-2-1-3-7-5/h1-4H2,(H,7,8). The van der Waals surface area contributed by atoms with E-state index in [0.29, 0.717) is 6.54 Å². The van der Waals surface area contributed by atoms with E-state index in [1.165, 1.54) is 0 Å². The topological polar surface area (TPSA) is 43.2 Å². The first kappa shape index (κ1) is 5.56. The van der Waals surface area contributed by atoms with Crippen LogP contribution in [-0.4, -0.2) is 25.5 Å². The number of carbonyl (C=O) groups excluding carboxylic acids is 1. The molecule has 1 amide bonds. The monoisotopic (exact) mass is 113 g/mol. The summed E-state index contributed by atoms with van der Waals surface area (Å²) in [6.07, 6.45) is 0.992. The van der Waals surface area contributed by atoms with Gasteiger partial charge in [-0.2, -0.15) is 0 Å². The van der Waals surface area contributed by atoms with E-state index in [1.54, 1.807) is 0 Å². The molecule has 0 bridgehead atoms. The Labute approximate surface area is 48.5 Å². The van der Waals surface area contributed by atoms with Gasteiger partial charge < -0.3 is 5.32 Å². The van der Waals surface area contributed by atoms with Gasteiger partial charge in [-0.3, -0.25) is 4.79 Å². The summed E-state index contributed by atoms with van der Waals surface area (Å²) >= 11 is 0. The highest BCUT2D eigenvalue weighted by Gasteiger charge is 2.03. The summed E-state index contributed by atoms with van der Waals surface area (Å²) in [6.45, 7) is 1.99. The van der Waals surface area contributed by atoms with Crippen molar-refractivity contribution in [3.63, 3.8) is 0 Å². The largest absolute Gasteiger partial charge is 0.355 e. The average Bonchev–Trinajstić information content (AvgIpc) is 1.94. The van der Waals surface area contributed by atoms with Gasteiger partial charge in [0.25, 0.3) is 0 Å². The van der Waals surface area contributed by atoms with Crippen LogP contribution in [0.15, 0.2) is 0 Å². The van der Waals surface area contributed by atoms with Crippen LogP contribution < -0.4 is 10.6 Å². The van der Waals surface area contributed by atoms with E-state index in [1.807, 2.05) is 0 Å². The minimum atomic E-state index is 0.0579. The second-order valence-electron chi connectivity index (χ2n) is 1.81. The maximum absolute atomic E-state index is 10.5. The molecule has 0 aromatic heterocycles. The SMILES string of the molecule is O=C1C[N]CCCN1. The molecule has 0 spiro atoms. The van der Waals surface area contributed by atoms with Gasteiger partial charge in [-0.05, 0) is 6.42 Å². The zero-order valence-electron chi connectivity index (χ0n) is 4.68. The van der Waals surface area contributed by atoms with Crippen LogP contribution in [0.25, 0.3) is 0 Å². The van der Waals surface area contributed by atoms with Crippen LogP contribution in [0.2, 0.25) is 0 Å². The molecule has 1 heterocycles. The van der Waals surface area contributed by atoms with Crippen molar-refractivity contribution in [3.05, 3.63) is 0 Å². The summed E-state index contributed by atoms with van der Waals surface area (Å²) < 4.78 is 0. The number of rotatable bonds is 0. The second kappa shape index (κ2) is 2.67. The van der Waals surface area contributed by atoms with Crippen LogP contribution in [-0.2, 0) is 4.79 Å². The maximum Gasteiger partial charge on any atom is 0.235 e. The summed E-state index contributed by atoms with van der Waals surface area (Å²) in [6, 6.07) is 0. The first-order valence-electron chi connectivity index (χ1n) is 2.79. The number of hydrogen-bond acceptors (Lipinski definition) is 1. The Bertz CT molecular complexity index is 82.4. The molecule has 0 saturated carbocycles. The Hall–Kier alpha value is -0.570. The Morgan fingerprint density at radius 2 is 2.50 bits per heavy atom. The van der Waals surface area contributed by atoms with Crippen molar-refractivity contribution in [1.82, 2.24) is 10.6 Å². The van der Waals surface area contributed by atoms with E-state index in [4.69, 9.17) is 0 Å². The van der Waals surface area contributed by atoms with E-state index in [9.17, 15) is 4.79 Å². The van der Waals surface area contributed by atoms with Gasteiger partial charge >= 0.3 is 0 Å². The minimum absolute atomic E-state index is 0.0579. The number of nitrogens with zero attached hydrogens (tertiary/aromatic N) is 1. The zero-order valence-corrected chi connectivity index (χ0v) is 4.68. The molecule has 8 heavy (non-hydrogen) atoms. The van der Waals surface area contributed by atoms with Gasteiger partial charge in [0.1, 0.15) is 0 Å². The molecule has 1 radical (unpaired) electrons. The number of carbonyl (C=O) groups is 1. The Kier molecular flexibility index (Phi) is 1.86. The summed E-state index contributed by atoms with van der Waals surface area (Å²) in [5.41, 5.74) is 0. The van der Waals surface area contributed by atoms with Crippen molar-refractivity contribution in [2.24, 2.45) is 0 Å². The molecular weight excluding hydrogens is 104 g/mol. The number of nitrogens with one attached hydrogen (secondary N) is 1. The fourth-order valence-corrected chi connectivity index (χ4v) is 0.655. The lowest BCUT2D eigenvalue weighted by atomic mass is 10.4. The summed E-state index contributed by atoms with van der Waals surface area (Å²) in [5, 5.41) is 6.65. The molecule has 1 fully saturated rings. The summed E-state index contributed by atoms with van der Waals surface area (Å²) in [4.78, 5) is 10.5. The van der Waals surface area contributed by atoms with E-state index >= 15 is 0 Å². The smallest absolute Gasteiger partial charge is 0.235 e. The molecule has 0 atom stereocenters. The first-order valence-corrected chi connectivity index (χ1v) is 2.79. The molecule has 0 unspecified atom stereocenters. The average molecular weight is 113 g/mol. The third kappa shape index (κ3) is 1.50. The fraction of sp³-hybridized carbons (Fsp3) is 0.800. The maximum atomic E-state index is 10.5. The van der Waals surface area contributed by atoms with Gasteiger partial charge in [0.2, 0.25) is 5.91 Å². The predicted molar refractivity (Wildman–Crippen MR) is 29.5 cm³/mol. The lowest BCUT2D eigenvalue weighted by Gasteiger charge is -1.92. The number of hydrogen-bond donors (Lipinski definition) is 1. The second-order valence-corrected chi connectivity index (χ2v) is 1.81. The van der Waals surface area contributed by atoms with Crippen molar-refractivity contribution < 1.29 is 4.79 Å². The molecular formula is C5H9N2O. The molecule has 1 aliphatic rings. The highest BCUT2D eigenvalue weighted by molar-refractivity contribution is 5.78. The number of amides is 1. The summed E-state index contributed by atoms with van der Waals surface area (Å²) in [7, 11) is 0. The third-order valence-electron chi connectivity index (χ3n) is 1.07. The quantitative estimate of drug-likeness (QED) is 0.435. The molecule has 1 rings (SSSR count). The molecule has 1 aliphatic heterocycles. The Morgan fingerprint density at radius 3 is 3.38 bits per heavy atom. The van der Waals surface area contributed by atoms with E-state index in [0.717, 1.165) is 19.5 Å². The first-order chi connectivity index (χ1) is 3.89. The van der Waals surface area contributed by atoms with Gasteiger partial charge in [-0.15, -0.1) is 0 Å².